The minimum atomic E-state index is -2.24. The summed E-state index contributed by atoms with van der Waals surface area (Å²) in [4.78, 5) is 38.2. The van der Waals surface area contributed by atoms with E-state index in [1.807, 2.05) is 20.8 Å². The smallest absolute Gasteiger partial charge is 0.343 e. The highest BCUT2D eigenvalue weighted by atomic mass is 16.8. The predicted octanol–water partition coefficient (Wildman–Crippen LogP) is -1.37. The number of fused-ring (bicyclic) bond motifs is 1. The highest BCUT2D eigenvalue weighted by Crippen LogP contribution is 2.84. The van der Waals surface area contributed by atoms with E-state index in [1.165, 1.54) is 6.92 Å². The molecular formula is C20H24O10. The maximum Gasteiger partial charge on any atom is 0.343 e. The highest BCUT2D eigenvalue weighted by Gasteiger charge is 3.03. The van der Waals surface area contributed by atoms with Crippen molar-refractivity contribution in [1.82, 2.24) is 0 Å². The van der Waals surface area contributed by atoms with Gasteiger partial charge in [0.05, 0.1) is 16.7 Å². The molecule has 6 rings (SSSR count). The van der Waals surface area contributed by atoms with Gasteiger partial charge in [0.1, 0.15) is 12.2 Å². The number of aliphatic hydroxyl groups is 3. The second kappa shape index (κ2) is 4.69. The Morgan fingerprint density at radius 1 is 1.03 bits per heavy atom. The van der Waals surface area contributed by atoms with E-state index in [-0.39, 0.29) is 6.42 Å². The fourth-order valence-corrected chi connectivity index (χ4v) is 8.12. The molecule has 4 saturated heterocycles. The zero-order valence-corrected chi connectivity index (χ0v) is 16.9. The van der Waals surface area contributed by atoms with Gasteiger partial charge in [0.15, 0.2) is 17.8 Å². The van der Waals surface area contributed by atoms with Crippen LogP contribution in [0.2, 0.25) is 0 Å². The van der Waals surface area contributed by atoms with Crippen molar-refractivity contribution < 1.29 is 48.7 Å². The summed E-state index contributed by atoms with van der Waals surface area (Å²) in [5.41, 5.74) is -8.26. The third-order valence-corrected chi connectivity index (χ3v) is 9.00. The van der Waals surface area contributed by atoms with Crippen LogP contribution < -0.4 is 0 Å². The fourth-order valence-electron chi connectivity index (χ4n) is 8.12. The summed E-state index contributed by atoms with van der Waals surface area (Å²) >= 11 is 0. The molecule has 11 atom stereocenters. The number of esters is 3. The van der Waals surface area contributed by atoms with Crippen molar-refractivity contribution in [2.45, 2.75) is 76.0 Å². The second-order valence-corrected chi connectivity index (χ2v) is 10.7. The maximum absolute atomic E-state index is 13.4. The third kappa shape index (κ3) is 1.33. The van der Waals surface area contributed by atoms with Crippen LogP contribution in [0.5, 0.6) is 0 Å². The molecule has 30 heavy (non-hydrogen) atoms. The zero-order valence-electron chi connectivity index (χ0n) is 16.9. The van der Waals surface area contributed by atoms with Gasteiger partial charge in [-0.15, -0.1) is 0 Å². The summed E-state index contributed by atoms with van der Waals surface area (Å²) < 4.78 is 22.5. The molecule has 4 heterocycles. The van der Waals surface area contributed by atoms with Crippen LogP contribution in [-0.4, -0.2) is 75.1 Å². The first-order chi connectivity index (χ1) is 13.8. The van der Waals surface area contributed by atoms with E-state index < -0.39 is 87.9 Å². The van der Waals surface area contributed by atoms with E-state index >= 15 is 0 Å². The quantitative estimate of drug-likeness (QED) is 0.314. The molecule has 2 saturated carbocycles. The van der Waals surface area contributed by atoms with E-state index in [4.69, 9.17) is 18.9 Å². The molecule has 6 fully saturated rings. The molecule has 6 aliphatic rings. The number of carbonyl (C=O) groups excluding carboxylic acids is 3. The summed E-state index contributed by atoms with van der Waals surface area (Å²) in [6.45, 7) is 7.14. The Morgan fingerprint density at radius 3 is 2.33 bits per heavy atom. The molecule has 3 unspecified atom stereocenters. The van der Waals surface area contributed by atoms with E-state index in [0.29, 0.717) is 0 Å². The van der Waals surface area contributed by atoms with Crippen molar-refractivity contribution in [2.75, 3.05) is 0 Å². The maximum atomic E-state index is 13.4. The van der Waals surface area contributed by atoms with Gasteiger partial charge in [-0.2, -0.15) is 0 Å². The molecule has 0 aromatic carbocycles. The molecule has 2 aliphatic carbocycles. The van der Waals surface area contributed by atoms with Gasteiger partial charge in [-0.3, -0.25) is 4.79 Å². The lowest BCUT2D eigenvalue weighted by molar-refractivity contribution is -0.239. The molecule has 164 valence electrons. The number of carbonyl (C=O) groups is 3. The van der Waals surface area contributed by atoms with Gasteiger partial charge in [0.25, 0.3) is 0 Å². The standard InChI is InChI=1S/C20H24O10/c1-6-12(23)28-11-9(21)18-8-5-7(16(2,3)4)17(18)10(22)13(24)29-15(17)30-20(18,14(25)27-8)19(6,11)26/h6-11,15,21-22,26H,5H2,1-4H3/t6-,7+,8-,9-,10+,11?,15?,17?,18+,19-,20-/m1/s1. The number of ether oxygens (including phenoxy) is 4. The van der Waals surface area contributed by atoms with Crippen molar-refractivity contribution >= 4 is 17.9 Å². The minimum Gasteiger partial charge on any atom is -0.459 e. The summed E-state index contributed by atoms with van der Waals surface area (Å²) in [6.07, 6.45) is -6.91. The summed E-state index contributed by atoms with van der Waals surface area (Å²) in [6, 6.07) is 0. The first kappa shape index (κ1) is 19.0. The lowest BCUT2D eigenvalue weighted by Gasteiger charge is -2.47. The van der Waals surface area contributed by atoms with Crippen molar-refractivity contribution in [3.8, 4) is 0 Å². The highest BCUT2D eigenvalue weighted by molar-refractivity contribution is 5.94. The van der Waals surface area contributed by atoms with Crippen LogP contribution in [0, 0.1) is 28.1 Å². The fraction of sp³-hybridized carbons (Fsp3) is 0.850. The van der Waals surface area contributed by atoms with Gasteiger partial charge >= 0.3 is 17.9 Å². The van der Waals surface area contributed by atoms with Crippen LogP contribution in [0.4, 0.5) is 0 Å². The number of hydrogen-bond donors (Lipinski definition) is 3. The van der Waals surface area contributed by atoms with Gasteiger partial charge in [0, 0.05) is 0 Å². The Hall–Kier alpha value is -1.75. The molecule has 0 aromatic heterocycles. The minimum absolute atomic E-state index is 0.229. The molecular weight excluding hydrogens is 400 g/mol. The second-order valence-electron chi connectivity index (χ2n) is 10.7. The molecule has 0 bridgehead atoms. The van der Waals surface area contributed by atoms with Crippen molar-refractivity contribution in [3.63, 3.8) is 0 Å². The molecule has 3 N–H and O–H groups in total. The van der Waals surface area contributed by atoms with Crippen LogP contribution in [0.3, 0.4) is 0 Å². The molecule has 0 amide bonds. The SMILES string of the molecule is C[C@@H]1C(=O)OC2[C@@H](O)[C@@]34[C@H]5C[C@@H](C(C)(C)C)C36C(OC(=O)[C@@H]6O)O[C@@]4(C(=O)O5)[C@]21O. The van der Waals surface area contributed by atoms with Crippen LogP contribution in [0.15, 0.2) is 0 Å². The number of rotatable bonds is 0. The third-order valence-electron chi connectivity index (χ3n) is 9.00. The van der Waals surface area contributed by atoms with E-state index in [2.05, 4.69) is 0 Å². The average molecular weight is 424 g/mol. The lowest BCUT2D eigenvalue weighted by atomic mass is 9.51. The molecule has 0 aromatic rings. The molecule has 10 heteroatoms. The van der Waals surface area contributed by atoms with Gasteiger partial charge in [-0.25, -0.2) is 9.59 Å². The zero-order chi connectivity index (χ0) is 21.8. The van der Waals surface area contributed by atoms with Crippen LogP contribution in [0.25, 0.3) is 0 Å². The Bertz CT molecular complexity index is 925. The molecule has 10 nitrogen and oxygen atoms in total. The van der Waals surface area contributed by atoms with Gasteiger partial charge in [0.2, 0.25) is 11.9 Å². The Balaban J connectivity index is 1.72. The monoisotopic (exact) mass is 424 g/mol. The first-order valence-corrected chi connectivity index (χ1v) is 10.2. The van der Waals surface area contributed by atoms with E-state index in [1.54, 1.807) is 0 Å². The lowest BCUT2D eigenvalue weighted by Crippen LogP contribution is -2.67. The van der Waals surface area contributed by atoms with Crippen LogP contribution >= 0.6 is 0 Å². The van der Waals surface area contributed by atoms with E-state index in [9.17, 15) is 29.7 Å². The Labute approximate surface area is 171 Å². The average Bonchev–Trinajstić information content (AvgIpc) is 3.35. The van der Waals surface area contributed by atoms with Crippen molar-refractivity contribution in [2.24, 2.45) is 28.1 Å². The molecule has 4 aliphatic heterocycles. The number of aliphatic hydroxyl groups excluding tert-OH is 2. The molecule has 0 radical (unpaired) electrons. The van der Waals surface area contributed by atoms with Crippen LogP contribution in [0.1, 0.15) is 34.1 Å². The summed E-state index contributed by atoms with van der Waals surface area (Å²) in [5, 5.41) is 34.7. The largest absolute Gasteiger partial charge is 0.459 e. The number of hydrogen-bond acceptors (Lipinski definition) is 10. The predicted molar refractivity (Wildman–Crippen MR) is 92.0 cm³/mol. The molecule has 2 spiro atoms. The van der Waals surface area contributed by atoms with Crippen molar-refractivity contribution in [1.29, 1.82) is 0 Å². The Morgan fingerprint density at radius 2 is 1.70 bits per heavy atom. The topological polar surface area (TPSA) is 149 Å². The van der Waals surface area contributed by atoms with Gasteiger partial charge in [-0.05, 0) is 24.7 Å². The van der Waals surface area contributed by atoms with E-state index in [0.717, 1.165) is 0 Å². The van der Waals surface area contributed by atoms with Crippen molar-refractivity contribution in [3.05, 3.63) is 0 Å². The van der Waals surface area contributed by atoms with Crippen LogP contribution in [-0.2, 0) is 33.3 Å². The Kier molecular flexibility index (Phi) is 2.97. The van der Waals surface area contributed by atoms with Gasteiger partial charge < -0.3 is 34.3 Å². The first-order valence-electron chi connectivity index (χ1n) is 10.2. The summed E-state index contributed by atoms with van der Waals surface area (Å²) in [7, 11) is 0. The normalized spacial score (nSPS) is 60.1. The van der Waals surface area contributed by atoms with Gasteiger partial charge in [-0.1, -0.05) is 20.8 Å². The summed E-state index contributed by atoms with van der Waals surface area (Å²) in [5.74, 6) is -4.32.